The van der Waals surface area contributed by atoms with Crippen molar-refractivity contribution in [1.82, 2.24) is 9.59 Å². The summed E-state index contributed by atoms with van der Waals surface area (Å²) >= 11 is 1.37. The van der Waals surface area contributed by atoms with Crippen molar-refractivity contribution in [2.75, 3.05) is 0 Å². The molecule has 0 saturated heterocycles. The van der Waals surface area contributed by atoms with E-state index in [4.69, 9.17) is 5.73 Å². The van der Waals surface area contributed by atoms with Crippen LogP contribution < -0.4 is 5.73 Å². The second-order valence-electron chi connectivity index (χ2n) is 3.69. The number of hydrogen-bond donors (Lipinski definition) is 1. The molecule has 0 aliphatic heterocycles. The molecule has 0 amide bonds. The number of aromatic nitrogens is 2. The normalized spacial score (nSPS) is 19.9. The van der Waals surface area contributed by atoms with E-state index >= 15 is 0 Å². The number of nitrogens with zero attached hydrogens (tertiary/aromatic N) is 2. The van der Waals surface area contributed by atoms with E-state index in [1.54, 1.807) is 0 Å². The summed E-state index contributed by atoms with van der Waals surface area (Å²) < 4.78 is 3.85. The third-order valence-corrected chi connectivity index (χ3v) is 3.19. The molecule has 2 N–H and O–H groups in total. The first-order chi connectivity index (χ1) is 6.88. The molecule has 1 atom stereocenters. The minimum atomic E-state index is -0.0214. The SMILES string of the molecule is NC(C1=CCCCCC1)c1csnn1. The second-order valence-corrected chi connectivity index (χ2v) is 4.30. The first-order valence-corrected chi connectivity index (χ1v) is 5.93. The third kappa shape index (κ3) is 2.19. The van der Waals surface area contributed by atoms with Crippen molar-refractivity contribution in [2.45, 2.75) is 38.1 Å². The largest absolute Gasteiger partial charge is 0.319 e. The van der Waals surface area contributed by atoms with Crippen LogP contribution in [0.25, 0.3) is 0 Å². The lowest BCUT2D eigenvalue weighted by Gasteiger charge is -2.11. The summed E-state index contributed by atoms with van der Waals surface area (Å²) in [7, 11) is 0. The molecule has 0 aromatic carbocycles. The quantitative estimate of drug-likeness (QED) is 0.761. The van der Waals surface area contributed by atoms with E-state index in [-0.39, 0.29) is 6.04 Å². The summed E-state index contributed by atoms with van der Waals surface area (Å²) in [6, 6.07) is -0.0214. The minimum absolute atomic E-state index is 0.0214. The van der Waals surface area contributed by atoms with Gasteiger partial charge in [0.05, 0.1) is 11.7 Å². The molecule has 0 radical (unpaired) electrons. The Morgan fingerprint density at radius 1 is 1.36 bits per heavy atom. The second kappa shape index (κ2) is 4.66. The summed E-state index contributed by atoms with van der Waals surface area (Å²) in [4.78, 5) is 0. The van der Waals surface area contributed by atoms with Crippen LogP contribution in [0.1, 0.15) is 43.8 Å². The highest BCUT2D eigenvalue weighted by Crippen LogP contribution is 2.26. The van der Waals surface area contributed by atoms with Gasteiger partial charge in [0.15, 0.2) is 0 Å². The molecule has 76 valence electrons. The smallest absolute Gasteiger partial charge is 0.0964 e. The van der Waals surface area contributed by atoms with Crippen molar-refractivity contribution in [3.63, 3.8) is 0 Å². The van der Waals surface area contributed by atoms with Crippen LogP contribution in [0.5, 0.6) is 0 Å². The Morgan fingerprint density at radius 3 is 3.07 bits per heavy atom. The lowest BCUT2D eigenvalue weighted by atomic mass is 10.0. The highest BCUT2D eigenvalue weighted by Gasteiger charge is 2.15. The Morgan fingerprint density at radius 2 is 2.29 bits per heavy atom. The third-order valence-electron chi connectivity index (χ3n) is 2.67. The van der Waals surface area contributed by atoms with E-state index in [9.17, 15) is 0 Å². The predicted octanol–water partition coefficient (Wildman–Crippen LogP) is 2.43. The lowest BCUT2D eigenvalue weighted by molar-refractivity contribution is 0.681. The molecule has 0 saturated carbocycles. The average Bonchev–Trinajstić information content (AvgIpc) is 2.59. The first kappa shape index (κ1) is 9.80. The van der Waals surface area contributed by atoms with E-state index in [1.165, 1.54) is 42.8 Å². The van der Waals surface area contributed by atoms with Gasteiger partial charge in [-0.15, -0.1) is 5.10 Å². The molecular formula is C10H15N3S. The molecule has 1 aromatic heterocycles. The molecule has 1 aliphatic carbocycles. The molecule has 3 nitrogen and oxygen atoms in total. The zero-order valence-electron chi connectivity index (χ0n) is 8.15. The molecule has 1 aromatic rings. The van der Waals surface area contributed by atoms with Crippen molar-refractivity contribution >= 4 is 11.5 Å². The monoisotopic (exact) mass is 209 g/mol. The molecule has 4 heteroatoms. The topological polar surface area (TPSA) is 51.8 Å². The molecule has 0 bridgehead atoms. The van der Waals surface area contributed by atoms with Gasteiger partial charge in [-0.1, -0.05) is 22.6 Å². The zero-order valence-corrected chi connectivity index (χ0v) is 8.96. The molecule has 0 fully saturated rings. The zero-order chi connectivity index (χ0) is 9.80. The molecular weight excluding hydrogens is 194 g/mol. The Labute approximate surface area is 88.2 Å². The van der Waals surface area contributed by atoms with E-state index in [0.717, 1.165) is 12.1 Å². The first-order valence-electron chi connectivity index (χ1n) is 5.09. The van der Waals surface area contributed by atoms with Crippen molar-refractivity contribution in [2.24, 2.45) is 5.73 Å². The molecule has 1 unspecified atom stereocenters. The Kier molecular flexibility index (Phi) is 3.26. The van der Waals surface area contributed by atoms with Crippen LogP contribution >= 0.6 is 11.5 Å². The maximum absolute atomic E-state index is 6.12. The van der Waals surface area contributed by atoms with Gasteiger partial charge in [0.2, 0.25) is 0 Å². The molecule has 14 heavy (non-hydrogen) atoms. The van der Waals surface area contributed by atoms with Crippen LogP contribution in [-0.2, 0) is 0 Å². The van der Waals surface area contributed by atoms with E-state index in [1.807, 2.05) is 5.38 Å². The van der Waals surface area contributed by atoms with Crippen LogP contribution in [0.2, 0.25) is 0 Å². The average molecular weight is 209 g/mol. The summed E-state index contributed by atoms with van der Waals surface area (Å²) in [5.74, 6) is 0. The van der Waals surface area contributed by atoms with E-state index in [0.29, 0.717) is 0 Å². The van der Waals surface area contributed by atoms with Crippen LogP contribution in [0.4, 0.5) is 0 Å². The molecule has 1 aliphatic rings. The number of allylic oxidation sites excluding steroid dienone is 1. The minimum Gasteiger partial charge on any atom is -0.319 e. The fourth-order valence-corrected chi connectivity index (χ4v) is 2.31. The van der Waals surface area contributed by atoms with Gasteiger partial charge in [-0.25, -0.2) is 0 Å². The van der Waals surface area contributed by atoms with Crippen LogP contribution in [0.15, 0.2) is 17.0 Å². The number of rotatable bonds is 2. The van der Waals surface area contributed by atoms with Crippen molar-refractivity contribution < 1.29 is 0 Å². The Balaban J connectivity index is 2.10. The van der Waals surface area contributed by atoms with Crippen LogP contribution in [0.3, 0.4) is 0 Å². The standard InChI is InChI=1S/C10H15N3S/c11-10(9-7-14-13-12-9)8-5-3-1-2-4-6-8/h5,7,10H,1-4,6,11H2. The van der Waals surface area contributed by atoms with Gasteiger partial charge in [-0.2, -0.15) is 0 Å². The fourth-order valence-electron chi connectivity index (χ4n) is 1.82. The van der Waals surface area contributed by atoms with Crippen molar-refractivity contribution in [3.05, 3.63) is 22.7 Å². The highest BCUT2D eigenvalue weighted by atomic mass is 32.1. The van der Waals surface area contributed by atoms with E-state index in [2.05, 4.69) is 15.7 Å². The van der Waals surface area contributed by atoms with Gasteiger partial charge < -0.3 is 5.73 Å². The summed E-state index contributed by atoms with van der Waals surface area (Å²) in [5, 5.41) is 5.97. The highest BCUT2D eigenvalue weighted by molar-refractivity contribution is 7.03. The van der Waals surface area contributed by atoms with Gasteiger partial charge >= 0.3 is 0 Å². The van der Waals surface area contributed by atoms with Crippen molar-refractivity contribution in [1.29, 1.82) is 0 Å². The van der Waals surface area contributed by atoms with Gasteiger partial charge in [-0.05, 0) is 37.2 Å². The molecule has 0 spiro atoms. The fraction of sp³-hybridized carbons (Fsp3) is 0.600. The van der Waals surface area contributed by atoms with Gasteiger partial charge in [0.1, 0.15) is 0 Å². The van der Waals surface area contributed by atoms with Gasteiger partial charge in [-0.3, -0.25) is 0 Å². The van der Waals surface area contributed by atoms with Crippen LogP contribution in [0, 0.1) is 0 Å². The van der Waals surface area contributed by atoms with Crippen LogP contribution in [-0.4, -0.2) is 9.59 Å². The maximum Gasteiger partial charge on any atom is 0.0964 e. The number of nitrogens with two attached hydrogens (primary N) is 1. The lowest BCUT2D eigenvalue weighted by Crippen LogP contribution is -2.13. The Hall–Kier alpha value is -0.740. The summed E-state index contributed by atoms with van der Waals surface area (Å²) in [6.07, 6.45) is 8.46. The molecule has 1 heterocycles. The Bertz CT molecular complexity index is 305. The van der Waals surface area contributed by atoms with Gasteiger partial charge in [0, 0.05) is 5.38 Å². The summed E-state index contributed by atoms with van der Waals surface area (Å²) in [5.41, 5.74) is 8.38. The summed E-state index contributed by atoms with van der Waals surface area (Å²) in [6.45, 7) is 0. The van der Waals surface area contributed by atoms with Crippen molar-refractivity contribution in [3.8, 4) is 0 Å². The number of hydrogen-bond acceptors (Lipinski definition) is 4. The predicted molar refractivity (Wildman–Crippen MR) is 58.0 cm³/mol. The van der Waals surface area contributed by atoms with E-state index < -0.39 is 0 Å². The molecule has 2 rings (SSSR count). The maximum atomic E-state index is 6.12. The van der Waals surface area contributed by atoms with Gasteiger partial charge in [0.25, 0.3) is 0 Å².